The van der Waals surface area contributed by atoms with E-state index in [4.69, 9.17) is 0 Å². The van der Waals surface area contributed by atoms with E-state index in [1.54, 1.807) is 0 Å². The van der Waals surface area contributed by atoms with Gasteiger partial charge in [-0.3, -0.25) is 9.59 Å². The van der Waals surface area contributed by atoms with Crippen LogP contribution in [-0.4, -0.2) is 23.3 Å². The molecule has 0 radical (unpaired) electrons. The van der Waals surface area contributed by atoms with Crippen LogP contribution in [0.4, 0.5) is 5.69 Å². The van der Waals surface area contributed by atoms with Gasteiger partial charge in [0, 0.05) is 13.1 Å². The van der Waals surface area contributed by atoms with Crippen LogP contribution in [0.25, 0.3) is 5.57 Å². The van der Waals surface area contributed by atoms with Gasteiger partial charge in [-0.2, -0.15) is 0 Å². The van der Waals surface area contributed by atoms with E-state index in [1.807, 2.05) is 98.5 Å². The van der Waals surface area contributed by atoms with Crippen molar-refractivity contribution in [2.24, 2.45) is 0 Å². The first-order chi connectivity index (χ1) is 15.9. The van der Waals surface area contributed by atoms with Crippen LogP contribution < -0.4 is 4.90 Å². The Labute approximate surface area is 196 Å². The third-order valence-electron chi connectivity index (χ3n) is 6.37. The SMILES string of the molecule is CCc1ccc(N2C(=O)C(c3ccc(C)c(C)c3)=C(N(CC)Cc3ccccc3)C2=O)cc1. The van der Waals surface area contributed by atoms with E-state index in [-0.39, 0.29) is 11.8 Å². The second-order valence-corrected chi connectivity index (χ2v) is 8.49. The van der Waals surface area contributed by atoms with E-state index in [9.17, 15) is 9.59 Å². The molecule has 3 aromatic rings. The minimum absolute atomic E-state index is 0.268. The van der Waals surface area contributed by atoms with Gasteiger partial charge >= 0.3 is 0 Å². The fourth-order valence-corrected chi connectivity index (χ4v) is 4.24. The van der Waals surface area contributed by atoms with Crippen LogP contribution in [0.2, 0.25) is 0 Å². The number of rotatable bonds is 7. The molecule has 4 rings (SSSR count). The van der Waals surface area contributed by atoms with E-state index in [0.29, 0.717) is 30.0 Å². The van der Waals surface area contributed by atoms with Crippen molar-refractivity contribution in [3.05, 3.63) is 106 Å². The fourth-order valence-electron chi connectivity index (χ4n) is 4.24. The van der Waals surface area contributed by atoms with Crippen LogP contribution in [-0.2, 0) is 22.6 Å². The summed E-state index contributed by atoms with van der Waals surface area (Å²) in [7, 11) is 0. The summed E-state index contributed by atoms with van der Waals surface area (Å²) in [5, 5.41) is 0. The zero-order valence-electron chi connectivity index (χ0n) is 19.8. The first-order valence-electron chi connectivity index (χ1n) is 11.5. The minimum atomic E-state index is -0.269. The molecule has 0 bridgehead atoms. The van der Waals surface area contributed by atoms with E-state index < -0.39 is 0 Å². The number of anilines is 1. The van der Waals surface area contributed by atoms with Crippen LogP contribution in [0.3, 0.4) is 0 Å². The van der Waals surface area contributed by atoms with Gasteiger partial charge in [-0.25, -0.2) is 4.90 Å². The Balaban J connectivity index is 1.83. The van der Waals surface area contributed by atoms with Gasteiger partial charge in [-0.15, -0.1) is 0 Å². The second-order valence-electron chi connectivity index (χ2n) is 8.49. The molecule has 0 aliphatic carbocycles. The van der Waals surface area contributed by atoms with Crippen molar-refractivity contribution in [2.75, 3.05) is 11.4 Å². The van der Waals surface area contributed by atoms with E-state index in [2.05, 4.69) is 6.92 Å². The highest BCUT2D eigenvalue weighted by molar-refractivity contribution is 6.45. The van der Waals surface area contributed by atoms with E-state index in [1.165, 1.54) is 10.5 Å². The third-order valence-corrected chi connectivity index (χ3v) is 6.37. The molecule has 0 N–H and O–H groups in total. The summed E-state index contributed by atoms with van der Waals surface area (Å²) < 4.78 is 0. The van der Waals surface area contributed by atoms with E-state index in [0.717, 1.165) is 28.7 Å². The number of carbonyl (C=O) groups is 2. The molecule has 4 nitrogen and oxygen atoms in total. The molecule has 1 aliphatic heterocycles. The molecule has 4 heteroatoms. The normalized spacial score (nSPS) is 13.8. The quantitative estimate of drug-likeness (QED) is 0.446. The van der Waals surface area contributed by atoms with Gasteiger partial charge in [0.15, 0.2) is 0 Å². The summed E-state index contributed by atoms with van der Waals surface area (Å²) in [4.78, 5) is 30.9. The average Bonchev–Trinajstić information content (AvgIpc) is 3.09. The third kappa shape index (κ3) is 4.34. The molecule has 0 atom stereocenters. The minimum Gasteiger partial charge on any atom is -0.362 e. The maximum atomic E-state index is 13.8. The van der Waals surface area contributed by atoms with Gasteiger partial charge in [0.05, 0.1) is 11.3 Å². The Bertz CT molecular complexity index is 1210. The Morgan fingerprint density at radius 1 is 0.758 bits per heavy atom. The topological polar surface area (TPSA) is 40.6 Å². The predicted octanol–water partition coefficient (Wildman–Crippen LogP) is 5.67. The lowest BCUT2D eigenvalue weighted by molar-refractivity contribution is -0.120. The van der Waals surface area contributed by atoms with Crippen LogP contribution >= 0.6 is 0 Å². The molecule has 0 saturated carbocycles. The molecule has 0 aromatic heterocycles. The zero-order valence-corrected chi connectivity index (χ0v) is 19.8. The molecule has 168 valence electrons. The van der Waals surface area contributed by atoms with Crippen LogP contribution in [0.15, 0.2) is 78.5 Å². The first kappa shape index (κ1) is 22.5. The molecule has 0 fully saturated rings. The summed E-state index contributed by atoms with van der Waals surface area (Å²) in [6.07, 6.45) is 0.903. The molecule has 0 unspecified atom stereocenters. The standard InChI is InChI=1S/C29H30N2O2/c1-5-22-13-16-25(17-14-22)31-28(32)26(24-15-12-20(3)21(4)18-24)27(29(31)33)30(6-2)19-23-10-8-7-9-11-23/h7-18H,5-6,19H2,1-4H3. The van der Waals surface area contributed by atoms with Crippen molar-refractivity contribution in [3.63, 3.8) is 0 Å². The summed E-state index contributed by atoms with van der Waals surface area (Å²) >= 11 is 0. The lowest BCUT2D eigenvalue weighted by Gasteiger charge is -2.25. The van der Waals surface area contributed by atoms with Gasteiger partial charge in [-0.05, 0) is 67.1 Å². The number of amides is 2. The van der Waals surface area contributed by atoms with Crippen LogP contribution in [0.5, 0.6) is 0 Å². The monoisotopic (exact) mass is 438 g/mol. The highest BCUT2D eigenvalue weighted by atomic mass is 16.2. The highest BCUT2D eigenvalue weighted by Gasteiger charge is 2.42. The molecule has 0 saturated heterocycles. The number of hydrogen-bond acceptors (Lipinski definition) is 3. The van der Waals surface area contributed by atoms with Crippen LogP contribution in [0, 0.1) is 13.8 Å². The van der Waals surface area contributed by atoms with E-state index >= 15 is 0 Å². The van der Waals surface area contributed by atoms with Crippen molar-refractivity contribution in [3.8, 4) is 0 Å². The Morgan fingerprint density at radius 2 is 1.45 bits per heavy atom. The molecular weight excluding hydrogens is 408 g/mol. The summed E-state index contributed by atoms with van der Waals surface area (Å²) in [5.41, 5.74) is 6.84. The van der Waals surface area contributed by atoms with Crippen molar-refractivity contribution >= 4 is 23.1 Å². The molecule has 33 heavy (non-hydrogen) atoms. The lowest BCUT2D eigenvalue weighted by Crippen LogP contribution is -2.35. The number of imide groups is 1. The van der Waals surface area contributed by atoms with Crippen LogP contribution in [0.1, 0.15) is 41.7 Å². The van der Waals surface area contributed by atoms with Crippen molar-refractivity contribution in [1.29, 1.82) is 0 Å². The summed E-state index contributed by atoms with van der Waals surface area (Å²) in [6, 6.07) is 23.7. The van der Waals surface area contributed by atoms with Gasteiger partial charge in [0.2, 0.25) is 0 Å². The Hall–Kier alpha value is -3.66. The van der Waals surface area contributed by atoms with Gasteiger partial charge < -0.3 is 4.90 Å². The summed E-state index contributed by atoms with van der Waals surface area (Å²) in [5.74, 6) is -0.538. The fraction of sp³-hybridized carbons (Fsp3) is 0.241. The van der Waals surface area contributed by atoms with Crippen molar-refractivity contribution in [1.82, 2.24) is 4.90 Å². The zero-order chi connectivity index (χ0) is 23.5. The number of carbonyl (C=O) groups excluding carboxylic acids is 2. The molecule has 0 spiro atoms. The number of benzene rings is 3. The molecule has 1 aliphatic rings. The smallest absolute Gasteiger partial charge is 0.282 e. The molecule has 3 aromatic carbocycles. The van der Waals surface area contributed by atoms with Crippen molar-refractivity contribution < 1.29 is 9.59 Å². The average molecular weight is 439 g/mol. The van der Waals surface area contributed by atoms with Gasteiger partial charge in [0.1, 0.15) is 5.70 Å². The number of aryl methyl sites for hydroxylation is 3. The maximum absolute atomic E-state index is 13.8. The molecule has 1 heterocycles. The number of likely N-dealkylation sites (N-methyl/N-ethyl adjacent to an activating group) is 1. The number of hydrogen-bond donors (Lipinski definition) is 0. The Morgan fingerprint density at radius 3 is 2.06 bits per heavy atom. The lowest BCUT2D eigenvalue weighted by atomic mass is 9.99. The number of nitrogens with zero attached hydrogens (tertiary/aromatic N) is 2. The predicted molar refractivity (Wildman–Crippen MR) is 134 cm³/mol. The maximum Gasteiger partial charge on any atom is 0.282 e. The second kappa shape index (κ2) is 9.45. The van der Waals surface area contributed by atoms with Gasteiger partial charge in [0.25, 0.3) is 11.8 Å². The first-order valence-corrected chi connectivity index (χ1v) is 11.5. The Kier molecular flexibility index (Phi) is 6.45. The van der Waals surface area contributed by atoms with Gasteiger partial charge in [-0.1, -0.05) is 67.6 Å². The molecular formula is C29H30N2O2. The summed E-state index contributed by atoms with van der Waals surface area (Å²) in [6.45, 7) is 9.35. The largest absolute Gasteiger partial charge is 0.362 e. The highest BCUT2D eigenvalue weighted by Crippen LogP contribution is 2.36. The van der Waals surface area contributed by atoms with Crippen molar-refractivity contribution in [2.45, 2.75) is 40.7 Å². The molecule has 2 amide bonds.